The van der Waals surface area contributed by atoms with Gasteiger partial charge in [0.25, 0.3) is 0 Å². The minimum atomic E-state index is -1.07. The summed E-state index contributed by atoms with van der Waals surface area (Å²) in [5.74, 6) is -1.17. The number of rotatable bonds is 4. The van der Waals surface area contributed by atoms with Crippen molar-refractivity contribution in [3.63, 3.8) is 0 Å². The Labute approximate surface area is 93.5 Å². The second-order valence-corrected chi connectivity index (χ2v) is 4.34. The third-order valence-corrected chi connectivity index (χ3v) is 2.37. The fourth-order valence-electron chi connectivity index (χ4n) is 1.23. The molecule has 1 aromatic rings. The first kappa shape index (κ1) is 12.2. The van der Waals surface area contributed by atoms with Crippen LogP contribution in [0, 0.1) is 5.41 Å². The second-order valence-electron chi connectivity index (χ2n) is 4.34. The zero-order chi connectivity index (χ0) is 12.3. The number of phenolic OH excluding ortho intramolecular Hbond substituents is 1. The summed E-state index contributed by atoms with van der Waals surface area (Å²) in [6, 6.07) is 5.77. The van der Waals surface area contributed by atoms with Crippen LogP contribution in [0.25, 0.3) is 0 Å². The van der Waals surface area contributed by atoms with Crippen LogP contribution < -0.4 is 0 Å². The number of aliphatic carboxylic acids is 1. The predicted octanol–water partition coefficient (Wildman–Crippen LogP) is 2.08. The number of Topliss-reactive ketones (excluding diaryl/α,β-unsaturated/α-hetero) is 1. The molecule has 2 N–H and O–H groups in total. The van der Waals surface area contributed by atoms with Gasteiger partial charge >= 0.3 is 5.97 Å². The third-order valence-electron chi connectivity index (χ3n) is 2.37. The zero-order valence-electron chi connectivity index (χ0n) is 9.23. The molecular weight excluding hydrogens is 208 g/mol. The SMILES string of the molecule is CC(C)(CC(=O)c1ccc(O)cc1)C(=O)O. The highest BCUT2D eigenvalue weighted by Gasteiger charge is 2.30. The molecule has 0 radical (unpaired) electrons. The molecule has 0 aliphatic rings. The molecule has 0 spiro atoms. The van der Waals surface area contributed by atoms with E-state index in [1.807, 2.05) is 0 Å². The summed E-state index contributed by atoms with van der Waals surface area (Å²) in [6.45, 7) is 3.02. The number of hydrogen-bond donors (Lipinski definition) is 2. The van der Waals surface area contributed by atoms with Crippen molar-refractivity contribution in [3.05, 3.63) is 29.8 Å². The number of carbonyl (C=O) groups is 2. The summed E-state index contributed by atoms with van der Waals surface area (Å²) in [6.07, 6.45) is -0.0624. The van der Waals surface area contributed by atoms with Gasteiger partial charge in [-0.25, -0.2) is 0 Å². The molecule has 0 amide bonds. The first-order chi connectivity index (χ1) is 7.33. The van der Waals surface area contributed by atoms with E-state index in [-0.39, 0.29) is 18.0 Å². The Morgan fingerprint density at radius 2 is 1.69 bits per heavy atom. The van der Waals surface area contributed by atoms with Crippen LogP contribution in [0.2, 0.25) is 0 Å². The Bertz CT molecular complexity index is 404. The van der Waals surface area contributed by atoms with Crippen molar-refractivity contribution in [2.24, 2.45) is 5.41 Å². The highest BCUT2D eigenvalue weighted by molar-refractivity contribution is 5.98. The lowest BCUT2D eigenvalue weighted by atomic mass is 9.86. The normalized spacial score (nSPS) is 11.1. The molecule has 0 saturated carbocycles. The van der Waals surface area contributed by atoms with Crippen molar-refractivity contribution in [2.45, 2.75) is 20.3 Å². The number of carboxylic acids is 1. The van der Waals surface area contributed by atoms with Crippen LogP contribution in [0.15, 0.2) is 24.3 Å². The highest BCUT2D eigenvalue weighted by atomic mass is 16.4. The predicted molar refractivity (Wildman–Crippen MR) is 58.5 cm³/mol. The molecule has 0 aliphatic carbocycles. The lowest BCUT2D eigenvalue weighted by molar-refractivity contribution is -0.146. The van der Waals surface area contributed by atoms with E-state index in [1.165, 1.54) is 38.1 Å². The lowest BCUT2D eigenvalue weighted by Gasteiger charge is -2.17. The molecule has 4 nitrogen and oxygen atoms in total. The molecule has 0 heterocycles. The van der Waals surface area contributed by atoms with Crippen LogP contribution in [-0.2, 0) is 4.79 Å². The molecule has 0 unspecified atom stereocenters. The molecule has 86 valence electrons. The number of carbonyl (C=O) groups excluding carboxylic acids is 1. The van der Waals surface area contributed by atoms with Gasteiger partial charge in [-0.1, -0.05) is 0 Å². The van der Waals surface area contributed by atoms with E-state index in [1.54, 1.807) is 0 Å². The summed E-state index contributed by atoms with van der Waals surface area (Å²) in [5, 5.41) is 17.9. The van der Waals surface area contributed by atoms with Gasteiger partial charge in [0.05, 0.1) is 5.41 Å². The first-order valence-corrected chi connectivity index (χ1v) is 4.88. The molecule has 0 bridgehead atoms. The van der Waals surface area contributed by atoms with Crippen LogP contribution in [0.1, 0.15) is 30.6 Å². The molecule has 1 rings (SSSR count). The van der Waals surface area contributed by atoms with Crippen LogP contribution in [0.5, 0.6) is 5.75 Å². The van der Waals surface area contributed by atoms with Crippen molar-refractivity contribution >= 4 is 11.8 Å². The molecule has 0 saturated heterocycles. The van der Waals surface area contributed by atoms with Crippen molar-refractivity contribution in [2.75, 3.05) is 0 Å². The Kier molecular flexibility index (Phi) is 3.32. The number of benzene rings is 1. The van der Waals surface area contributed by atoms with Crippen molar-refractivity contribution in [1.29, 1.82) is 0 Å². The Balaban J connectivity index is 2.81. The average molecular weight is 222 g/mol. The maximum atomic E-state index is 11.7. The van der Waals surface area contributed by atoms with E-state index < -0.39 is 11.4 Å². The molecule has 0 atom stereocenters. The van der Waals surface area contributed by atoms with Gasteiger partial charge in [-0.2, -0.15) is 0 Å². The van der Waals surface area contributed by atoms with E-state index in [9.17, 15) is 9.59 Å². The minimum absolute atomic E-state index is 0.0624. The topological polar surface area (TPSA) is 74.6 Å². The van der Waals surface area contributed by atoms with Crippen LogP contribution in [0.3, 0.4) is 0 Å². The fraction of sp³-hybridized carbons (Fsp3) is 0.333. The zero-order valence-corrected chi connectivity index (χ0v) is 9.23. The van der Waals surface area contributed by atoms with Crippen molar-refractivity contribution in [1.82, 2.24) is 0 Å². The number of phenols is 1. The molecule has 0 fully saturated rings. The van der Waals surface area contributed by atoms with E-state index in [0.29, 0.717) is 5.56 Å². The van der Waals surface area contributed by atoms with E-state index in [2.05, 4.69) is 0 Å². The van der Waals surface area contributed by atoms with Crippen molar-refractivity contribution in [3.8, 4) is 5.75 Å². The number of hydrogen-bond acceptors (Lipinski definition) is 3. The highest BCUT2D eigenvalue weighted by Crippen LogP contribution is 2.23. The summed E-state index contributed by atoms with van der Waals surface area (Å²) in [7, 11) is 0. The van der Waals surface area contributed by atoms with Gasteiger partial charge in [0.2, 0.25) is 0 Å². The van der Waals surface area contributed by atoms with Crippen LogP contribution in [0.4, 0.5) is 0 Å². The summed E-state index contributed by atoms with van der Waals surface area (Å²) in [4.78, 5) is 22.6. The molecule has 4 heteroatoms. The van der Waals surface area contributed by atoms with Gasteiger partial charge in [-0.05, 0) is 38.1 Å². The number of carboxylic acid groups (broad SMARTS) is 1. The monoisotopic (exact) mass is 222 g/mol. The summed E-state index contributed by atoms with van der Waals surface area (Å²) >= 11 is 0. The summed E-state index contributed by atoms with van der Waals surface area (Å²) < 4.78 is 0. The Hall–Kier alpha value is -1.84. The van der Waals surface area contributed by atoms with Gasteiger partial charge < -0.3 is 10.2 Å². The largest absolute Gasteiger partial charge is 0.508 e. The van der Waals surface area contributed by atoms with Gasteiger partial charge in [-0.3, -0.25) is 9.59 Å². The fourth-order valence-corrected chi connectivity index (χ4v) is 1.23. The summed E-state index contributed by atoms with van der Waals surface area (Å²) in [5.41, 5.74) is -0.665. The van der Waals surface area contributed by atoms with Gasteiger partial charge in [0, 0.05) is 12.0 Å². The van der Waals surface area contributed by atoms with Crippen LogP contribution in [-0.4, -0.2) is 22.0 Å². The Morgan fingerprint density at radius 1 is 1.19 bits per heavy atom. The number of ketones is 1. The molecule has 0 aliphatic heterocycles. The van der Waals surface area contributed by atoms with Crippen LogP contribution >= 0.6 is 0 Å². The smallest absolute Gasteiger partial charge is 0.309 e. The standard InChI is InChI=1S/C12H14O4/c1-12(2,11(15)16)7-10(14)8-3-5-9(13)6-4-8/h3-6,13H,7H2,1-2H3,(H,15,16). The second kappa shape index (κ2) is 4.35. The molecular formula is C12H14O4. The molecule has 1 aromatic carbocycles. The maximum Gasteiger partial charge on any atom is 0.309 e. The lowest BCUT2D eigenvalue weighted by Crippen LogP contribution is -2.26. The van der Waals surface area contributed by atoms with Crippen molar-refractivity contribution < 1.29 is 19.8 Å². The maximum absolute atomic E-state index is 11.7. The van der Waals surface area contributed by atoms with Gasteiger partial charge in [0.1, 0.15) is 5.75 Å². The average Bonchev–Trinajstić information content (AvgIpc) is 2.17. The van der Waals surface area contributed by atoms with Gasteiger partial charge in [-0.15, -0.1) is 0 Å². The third kappa shape index (κ3) is 2.82. The van der Waals surface area contributed by atoms with E-state index in [4.69, 9.17) is 10.2 Å². The minimum Gasteiger partial charge on any atom is -0.508 e. The van der Waals surface area contributed by atoms with E-state index >= 15 is 0 Å². The number of aromatic hydroxyl groups is 1. The molecule has 0 aromatic heterocycles. The molecule has 16 heavy (non-hydrogen) atoms. The van der Waals surface area contributed by atoms with Gasteiger partial charge in [0.15, 0.2) is 5.78 Å². The quantitative estimate of drug-likeness (QED) is 0.765. The first-order valence-electron chi connectivity index (χ1n) is 4.88. The Morgan fingerprint density at radius 3 is 2.12 bits per heavy atom. The van der Waals surface area contributed by atoms with E-state index in [0.717, 1.165) is 0 Å².